The Kier molecular flexibility index (Phi) is 4.31. The van der Waals surface area contributed by atoms with E-state index in [1.807, 2.05) is 13.8 Å². The van der Waals surface area contributed by atoms with Gasteiger partial charge < -0.3 is 19.7 Å². The lowest BCUT2D eigenvalue weighted by molar-refractivity contribution is -0.273. The third kappa shape index (κ3) is 2.92. The molecule has 1 rings (SSSR count). The van der Waals surface area contributed by atoms with Gasteiger partial charge in [-0.15, -0.1) is 0 Å². The first-order chi connectivity index (χ1) is 6.54. The zero-order chi connectivity index (χ0) is 10.7. The summed E-state index contributed by atoms with van der Waals surface area (Å²) in [6.07, 6.45) is -0.920. The van der Waals surface area contributed by atoms with E-state index < -0.39 is 18.5 Å². The van der Waals surface area contributed by atoms with Crippen molar-refractivity contribution in [3.05, 3.63) is 0 Å². The van der Waals surface area contributed by atoms with Crippen LogP contribution >= 0.6 is 0 Å². The van der Waals surface area contributed by atoms with Crippen LogP contribution in [-0.2, 0) is 9.47 Å². The Morgan fingerprint density at radius 1 is 1.43 bits per heavy atom. The van der Waals surface area contributed by atoms with Crippen molar-refractivity contribution in [2.75, 3.05) is 0 Å². The van der Waals surface area contributed by atoms with E-state index in [0.29, 0.717) is 6.42 Å². The Morgan fingerprint density at radius 3 is 2.64 bits per heavy atom. The van der Waals surface area contributed by atoms with Gasteiger partial charge in [0.05, 0.1) is 18.3 Å². The lowest BCUT2D eigenvalue weighted by atomic mass is 10.0. The fraction of sp³-hybridized carbons (Fsp3) is 1.00. The highest BCUT2D eigenvalue weighted by atomic mass is 16.7. The zero-order valence-corrected chi connectivity index (χ0v) is 9.01. The van der Waals surface area contributed by atoms with Crippen LogP contribution in [0.3, 0.4) is 0 Å². The van der Waals surface area contributed by atoms with Crippen LogP contribution in [0, 0.1) is 0 Å². The number of ether oxygens (including phenoxy) is 2. The third-order valence-corrected chi connectivity index (χ3v) is 2.63. The molecule has 0 aromatic carbocycles. The molecule has 0 aromatic rings. The molecule has 2 N–H and O–H groups in total. The predicted molar refractivity (Wildman–Crippen MR) is 51.8 cm³/mol. The van der Waals surface area contributed by atoms with Crippen LogP contribution in [0.25, 0.3) is 0 Å². The Hall–Kier alpha value is -0.160. The lowest BCUT2D eigenvalue weighted by Crippen LogP contribution is -2.48. The van der Waals surface area contributed by atoms with Crippen molar-refractivity contribution in [2.24, 2.45) is 0 Å². The summed E-state index contributed by atoms with van der Waals surface area (Å²) in [4.78, 5) is 0. The summed E-state index contributed by atoms with van der Waals surface area (Å²) in [6.45, 7) is 5.73. The van der Waals surface area contributed by atoms with E-state index in [2.05, 4.69) is 0 Å². The summed E-state index contributed by atoms with van der Waals surface area (Å²) in [6, 6.07) is 0. The molecule has 0 saturated carbocycles. The molecule has 1 aliphatic rings. The molecule has 0 amide bonds. The second-order valence-electron chi connectivity index (χ2n) is 3.93. The minimum Gasteiger partial charge on any atom is -0.390 e. The quantitative estimate of drug-likeness (QED) is 0.709. The lowest BCUT2D eigenvalue weighted by Gasteiger charge is -2.36. The highest BCUT2D eigenvalue weighted by Gasteiger charge is 2.35. The minimum atomic E-state index is -0.727. The molecule has 1 aliphatic heterocycles. The minimum absolute atomic E-state index is 0.0668. The molecule has 2 unspecified atom stereocenters. The highest BCUT2D eigenvalue weighted by molar-refractivity contribution is 4.78. The summed E-state index contributed by atoms with van der Waals surface area (Å²) in [5.41, 5.74) is 0. The molecule has 14 heavy (non-hydrogen) atoms. The molecule has 0 aliphatic carbocycles. The Morgan fingerprint density at radius 2 is 2.07 bits per heavy atom. The Balaban J connectivity index is 2.44. The molecule has 5 atom stereocenters. The predicted octanol–water partition coefficient (Wildman–Crippen LogP) is 0.658. The van der Waals surface area contributed by atoms with E-state index in [9.17, 15) is 10.2 Å². The van der Waals surface area contributed by atoms with Gasteiger partial charge in [-0.25, -0.2) is 0 Å². The van der Waals surface area contributed by atoms with Crippen molar-refractivity contribution < 1.29 is 19.7 Å². The average Bonchev–Trinajstić information content (AvgIpc) is 2.14. The fourth-order valence-corrected chi connectivity index (χ4v) is 1.39. The Labute approximate surface area is 84.8 Å². The number of aliphatic hydroxyl groups is 2. The molecular weight excluding hydrogens is 184 g/mol. The van der Waals surface area contributed by atoms with Gasteiger partial charge in [-0.1, -0.05) is 6.92 Å². The Bertz CT molecular complexity index is 172. The fourth-order valence-electron chi connectivity index (χ4n) is 1.39. The van der Waals surface area contributed by atoms with E-state index in [1.54, 1.807) is 6.92 Å². The van der Waals surface area contributed by atoms with E-state index >= 15 is 0 Å². The molecule has 1 fully saturated rings. The molecule has 0 bridgehead atoms. The molecule has 4 heteroatoms. The molecular formula is C10H20O4. The molecule has 0 aromatic heterocycles. The molecule has 4 nitrogen and oxygen atoms in total. The summed E-state index contributed by atoms with van der Waals surface area (Å²) in [5.74, 6) is 0. The molecule has 0 radical (unpaired) electrons. The zero-order valence-electron chi connectivity index (χ0n) is 9.01. The maximum absolute atomic E-state index is 9.59. The maximum Gasteiger partial charge on any atom is 0.184 e. The van der Waals surface area contributed by atoms with Crippen molar-refractivity contribution in [1.29, 1.82) is 0 Å². The van der Waals surface area contributed by atoms with Gasteiger partial charge >= 0.3 is 0 Å². The normalized spacial score (nSPS) is 40.9. The van der Waals surface area contributed by atoms with Gasteiger partial charge in [0.15, 0.2) is 6.29 Å². The largest absolute Gasteiger partial charge is 0.390 e. The van der Waals surface area contributed by atoms with E-state index in [4.69, 9.17) is 9.47 Å². The SMILES string of the molecule is CC[C@@H](C)O[C@@H]1OC(C)[C@H](O)CC1O. The molecule has 0 spiro atoms. The van der Waals surface area contributed by atoms with Crippen molar-refractivity contribution in [2.45, 2.75) is 64.3 Å². The summed E-state index contributed by atoms with van der Waals surface area (Å²) in [5, 5.41) is 19.0. The maximum atomic E-state index is 9.59. The standard InChI is InChI=1S/C10H20O4/c1-4-6(2)13-10-9(12)5-8(11)7(3)14-10/h6-12H,4-5H2,1-3H3/t6-,7?,8-,9?,10-/m1/s1. The van der Waals surface area contributed by atoms with E-state index in [-0.39, 0.29) is 12.2 Å². The smallest absolute Gasteiger partial charge is 0.184 e. The topological polar surface area (TPSA) is 58.9 Å². The van der Waals surface area contributed by atoms with Crippen LogP contribution in [0.2, 0.25) is 0 Å². The van der Waals surface area contributed by atoms with Crippen LogP contribution in [-0.4, -0.2) is 40.9 Å². The van der Waals surface area contributed by atoms with Gasteiger partial charge in [0.2, 0.25) is 0 Å². The first-order valence-electron chi connectivity index (χ1n) is 5.21. The average molecular weight is 204 g/mol. The summed E-state index contributed by atoms with van der Waals surface area (Å²) < 4.78 is 10.8. The van der Waals surface area contributed by atoms with Crippen LogP contribution in [0.1, 0.15) is 33.6 Å². The highest BCUT2D eigenvalue weighted by Crippen LogP contribution is 2.22. The van der Waals surface area contributed by atoms with Crippen molar-refractivity contribution in [1.82, 2.24) is 0 Å². The second kappa shape index (κ2) is 5.07. The van der Waals surface area contributed by atoms with Crippen LogP contribution in [0.4, 0.5) is 0 Å². The van der Waals surface area contributed by atoms with Crippen molar-refractivity contribution in [3.8, 4) is 0 Å². The summed E-state index contributed by atoms with van der Waals surface area (Å²) in [7, 11) is 0. The van der Waals surface area contributed by atoms with Gasteiger partial charge in [0.25, 0.3) is 0 Å². The molecule has 1 saturated heterocycles. The third-order valence-electron chi connectivity index (χ3n) is 2.63. The van der Waals surface area contributed by atoms with E-state index in [1.165, 1.54) is 0 Å². The second-order valence-corrected chi connectivity index (χ2v) is 3.93. The number of hydrogen-bond acceptors (Lipinski definition) is 4. The number of aliphatic hydroxyl groups excluding tert-OH is 2. The molecule has 1 heterocycles. The number of rotatable bonds is 3. The van der Waals surface area contributed by atoms with Gasteiger partial charge in [-0.2, -0.15) is 0 Å². The van der Waals surface area contributed by atoms with Crippen molar-refractivity contribution in [3.63, 3.8) is 0 Å². The van der Waals surface area contributed by atoms with Gasteiger partial charge in [-0.3, -0.25) is 0 Å². The first kappa shape index (κ1) is 11.9. The molecule has 84 valence electrons. The van der Waals surface area contributed by atoms with Crippen LogP contribution in [0.5, 0.6) is 0 Å². The first-order valence-corrected chi connectivity index (χ1v) is 5.21. The van der Waals surface area contributed by atoms with Gasteiger partial charge in [-0.05, 0) is 20.3 Å². The summed E-state index contributed by atoms with van der Waals surface area (Å²) >= 11 is 0. The van der Waals surface area contributed by atoms with Crippen LogP contribution < -0.4 is 0 Å². The van der Waals surface area contributed by atoms with Gasteiger partial charge in [0, 0.05) is 6.42 Å². The van der Waals surface area contributed by atoms with Gasteiger partial charge in [0.1, 0.15) is 6.10 Å². The van der Waals surface area contributed by atoms with Crippen molar-refractivity contribution >= 4 is 0 Å². The van der Waals surface area contributed by atoms with Crippen LogP contribution in [0.15, 0.2) is 0 Å². The number of hydrogen-bond donors (Lipinski definition) is 2. The monoisotopic (exact) mass is 204 g/mol. The van der Waals surface area contributed by atoms with E-state index in [0.717, 1.165) is 6.42 Å².